The monoisotopic (exact) mass is 736 g/mol. The van der Waals surface area contributed by atoms with Crippen molar-refractivity contribution in [2.75, 3.05) is 50.5 Å². The third-order valence-electron chi connectivity index (χ3n) is 11.8. The van der Waals surface area contributed by atoms with Crippen molar-refractivity contribution in [2.24, 2.45) is 22.1 Å². The maximum Gasteiger partial charge on any atom is 0.330 e. The van der Waals surface area contributed by atoms with E-state index >= 15 is 0 Å². The maximum absolute atomic E-state index is 14.5. The molecule has 6 aliphatic rings. The van der Waals surface area contributed by atoms with Crippen LogP contribution in [0.1, 0.15) is 73.4 Å². The molecule has 2 aromatic rings. The molecule has 274 valence electrons. The molecule has 6 atom stereocenters. The number of urea groups is 1. The first kappa shape index (κ1) is 34.9. The summed E-state index contributed by atoms with van der Waals surface area (Å²) in [6.45, 7) is 4.88. The van der Waals surface area contributed by atoms with Gasteiger partial charge in [-0.25, -0.2) is 9.00 Å². The molecule has 51 heavy (non-hydrogen) atoms. The van der Waals surface area contributed by atoms with Gasteiger partial charge in [-0.05, 0) is 111 Å². The van der Waals surface area contributed by atoms with Gasteiger partial charge in [-0.2, -0.15) is 0 Å². The summed E-state index contributed by atoms with van der Waals surface area (Å²) in [7, 11) is -1.70. The van der Waals surface area contributed by atoms with E-state index in [1.165, 1.54) is 11.1 Å². The van der Waals surface area contributed by atoms with Gasteiger partial charge in [-0.3, -0.25) is 9.52 Å². The quantitative estimate of drug-likeness (QED) is 0.355. The number of fused-ring (bicyclic) bond motifs is 4. The van der Waals surface area contributed by atoms with Crippen molar-refractivity contribution in [3.63, 3.8) is 0 Å². The average Bonchev–Trinajstić information content (AvgIpc) is 3.90. The van der Waals surface area contributed by atoms with E-state index in [1.54, 1.807) is 18.1 Å². The molecule has 3 amide bonds. The number of hydrogen-bond acceptors (Lipinski definition) is 7. The summed E-state index contributed by atoms with van der Waals surface area (Å²) >= 11 is 6.46. The average molecular weight is 737 g/mol. The van der Waals surface area contributed by atoms with E-state index in [2.05, 4.69) is 38.3 Å². The molecule has 3 fully saturated rings. The number of amides is 3. The second kappa shape index (κ2) is 14.0. The van der Waals surface area contributed by atoms with Crippen molar-refractivity contribution < 1.29 is 28.0 Å². The van der Waals surface area contributed by atoms with Gasteiger partial charge in [-0.1, -0.05) is 36.7 Å². The second-order valence-electron chi connectivity index (χ2n) is 15.7. The molecule has 2 saturated carbocycles. The number of nitrogens with zero attached hydrogens (tertiary/aromatic N) is 3. The molecule has 3 aliphatic heterocycles. The Labute approximate surface area is 306 Å². The number of methoxy groups -OCH3 is 1. The Bertz CT molecular complexity index is 1840. The van der Waals surface area contributed by atoms with Gasteiger partial charge in [0.25, 0.3) is 5.91 Å². The highest BCUT2D eigenvalue weighted by Gasteiger charge is 2.44. The van der Waals surface area contributed by atoms with Crippen LogP contribution in [0.2, 0.25) is 5.02 Å². The Balaban J connectivity index is 1.14. The predicted octanol–water partition coefficient (Wildman–Crippen LogP) is 6.55. The molecule has 0 aromatic heterocycles. The Morgan fingerprint density at radius 2 is 1.94 bits per heavy atom. The molecule has 8 rings (SSSR count). The Kier molecular flexibility index (Phi) is 9.61. The van der Waals surface area contributed by atoms with Crippen molar-refractivity contribution in [1.29, 1.82) is 0 Å². The number of carbonyl (C=O) groups is 2. The lowest BCUT2D eigenvalue weighted by Gasteiger charge is -2.46. The minimum atomic E-state index is -3.47. The summed E-state index contributed by atoms with van der Waals surface area (Å²) in [5.74, 6) is 0.775. The van der Waals surface area contributed by atoms with Crippen LogP contribution in [0.15, 0.2) is 52.9 Å². The normalized spacial score (nSPS) is 33.0. The second-order valence-corrected chi connectivity index (χ2v) is 18.2. The van der Waals surface area contributed by atoms with Crippen LogP contribution in [0.25, 0.3) is 0 Å². The third-order valence-corrected chi connectivity index (χ3v) is 14.0. The molecule has 1 unspecified atom stereocenters. The third kappa shape index (κ3) is 7.28. The number of rotatable bonds is 4. The smallest absolute Gasteiger partial charge is 0.330 e. The van der Waals surface area contributed by atoms with Gasteiger partial charge in [0.1, 0.15) is 15.7 Å². The van der Waals surface area contributed by atoms with Crippen LogP contribution in [0.5, 0.6) is 5.75 Å². The van der Waals surface area contributed by atoms with Gasteiger partial charge in [0.05, 0.1) is 49.4 Å². The minimum Gasteiger partial charge on any atom is -0.490 e. The number of likely N-dealkylation sites (tertiary alicyclic amines) is 1. The van der Waals surface area contributed by atoms with E-state index in [0.717, 1.165) is 68.7 Å². The number of benzene rings is 2. The maximum atomic E-state index is 14.5. The van der Waals surface area contributed by atoms with E-state index in [4.69, 9.17) is 25.8 Å². The molecule has 10 nitrogen and oxygen atoms in total. The lowest BCUT2D eigenvalue weighted by molar-refractivity contribution is -0.0434. The Morgan fingerprint density at radius 3 is 2.71 bits per heavy atom. The summed E-state index contributed by atoms with van der Waals surface area (Å²) in [4.78, 5) is 31.3. The molecular formula is C39H49ClN4O6S. The van der Waals surface area contributed by atoms with Crippen LogP contribution in [-0.4, -0.2) is 85.0 Å². The largest absolute Gasteiger partial charge is 0.490 e. The zero-order chi connectivity index (χ0) is 35.3. The number of halogens is 1. The first-order valence-corrected chi connectivity index (χ1v) is 20.7. The molecule has 1 N–H and O–H groups in total. The van der Waals surface area contributed by atoms with Gasteiger partial charge in [0, 0.05) is 36.2 Å². The highest BCUT2D eigenvalue weighted by atomic mass is 35.5. The highest BCUT2D eigenvalue weighted by Crippen LogP contribution is 2.47. The molecule has 12 heteroatoms. The van der Waals surface area contributed by atoms with Crippen LogP contribution in [-0.2, 0) is 31.2 Å². The van der Waals surface area contributed by atoms with Crippen molar-refractivity contribution in [1.82, 2.24) is 9.62 Å². The van der Waals surface area contributed by atoms with Crippen molar-refractivity contribution in [3.05, 3.63) is 70.3 Å². The van der Waals surface area contributed by atoms with Crippen LogP contribution < -0.4 is 14.4 Å². The standard InChI is InChI=1S/C39H49ClN4O6S/c1-25-5-3-7-35(48-2)32-13-8-28(32)19-44-23-39(16-4-6-26-17-29(40)10-14-33(26)39)24-49-36-15-9-27(18-34(36)44)37(45)41-51(47,22-25)42-38(46)43-20-31(21-43)50-30-11-12-30/h3,7,9-10,14-15,17-18,25,28,30-32,35H,4-6,8,11-13,16,19-24H2,1-2H3,(H,41,42,45,46,47)/b7-3+/t25-,28-,32+,35-,39-,51?/m0/s1. The molecule has 0 radical (unpaired) electrons. The molecule has 2 bridgehead atoms. The van der Waals surface area contributed by atoms with Gasteiger partial charge in [-0.15, -0.1) is 4.36 Å². The van der Waals surface area contributed by atoms with E-state index in [0.29, 0.717) is 55.4 Å². The van der Waals surface area contributed by atoms with Gasteiger partial charge < -0.3 is 24.0 Å². The summed E-state index contributed by atoms with van der Waals surface area (Å²) in [5, 5.41) is 0.746. The van der Waals surface area contributed by atoms with Crippen LogP contribution in [0, 0.1) is 17.8 Å². The lowest BCUT2D eigenvalue weighted by atomic mass is 9.68. The fourth-order valence-corrected chi connectivity index (χ4v) is 10.8. The Morgan fingerprint density at radius 1 is 1.10 bits per heavy atom. The SMILES string of the molecule is CO[C@H]1/C=C/C[C@H](C)CS(=O)(NC(=O)N2CC(OC3CC3)C2)=NC(=O)c2ccc3c(c2)N(C[C@@H]2CC[C@H]21)C[C@@]1(CCCc2cc(Cl)ccc21)CO3. The minimum absolute atomic E-state index is 0.00624. The van der Waals surface area contributed by atoms with Crippen molar-refractivity contribution in [3.8, 4) is 5.75 Å². The van der Waals surface area contributed by atoms with Crippen LogP contribution >= 0.6 is 11.6 Å². The van der Waals surface area contributed by atoms with E-state index in [-0.39, 0.29) is 29.3 Å². The molecule has 3 aliphatic carbocycles. The van der Waals surface area contributed by atoms with E-state index in [9.17, 15) is 13.8 Å². The van der Waals surface area contributed by atoms with Crippen molar-refractivity contribution >= 4 is 39.1 Å². The lowest BCUT2D eigenvalue weighted by Crippen LogP contribution is -2.58. The van der Waals surface area contributed by atoms with E-state index in [1.807, 2.05) is 25.1 Å². The predicted molar refractivity (Wildman–Crippen MR) is 198 cm³/mol. The van der Waals surface area contributed by atoms with E-state index < -0.39 is 21.9 Å². The number of anilines is 1. The number of ether oxygens (including phenoxy) is 3. The van der Waals surface area contributed by atoms with Gasteiger partial charge in [0.2, 0.25) is 0 Å². The van der Waals surface area contributed by atoms with Crippen LogP contribution in [0.3, 0.4) is 0 Å². The number of carbonyl (C=O) groups excluding carboxylic acids is 2. The van der Waals surface area contributed by atoms with Gasteiger partial charge >= 0.3 is 6.03 Å². The van der Waals surface area contributed by atoms with Crippen LogP contribution in [0.4, 0.5) is 10.5 Å². The fourth-order valence-electron chi connectivity index (χ4n) is 8.73. The zero-order valence-corrected chi connectivity index (χ0v) is 31.1. The number of allylic oxidation sites excluding steroid dienone is 1. The summed E-state index contributed by atoms with van der Waals surface area (Å²) in [6.07, 6.45) is 12.4. The first-order valence-electron chi connectivity index (χ1n) is 18.6. The molecular weight excluding hydrogens is 688 g/mol. The van der Waals surface area contributed by atoms with Gasteiger partial charge in [0.15, 0.2) is 0 Å². The summed E-state index contributed by atoms with van der Waals surface area (Å²) < 4.78 is 40.1. The molecule has 2 aromatic carbocycles. The number of aryl methyl sites for hydroxylation is 1. The fraction of sp³-hybridized carbons (Fsp3) is 0.590. The molecule has 1 saturated heterocycles. The zero-order valence-electron chi connectivity index (χ0n) is 29.6. The van der Waals surface area contributed by atoms with Crippen molar-refractivity contribution in [2.45, 2.75) is 82.0 Å². The first-order chi connectivity index (χ1) is 24.6. The summed E-state index contributed by atoms with van der Waals surface area (Å²) in [6, 6.07) is 11.2. The topological polar surface area (TPSA) is 110 Å². The number of hydrogen-bond donors (Lipinski definition) is 1. The molecule has 3 heterocycles. The summed E-state index contributed by atoms with van der Waals surface area (Å²) in [5.41, 5.74) is 3.46. The number of nitrogens with one attached hydrogen (secondary N) is 1. The molecule has 1 spiro atoms. The highest BCUT2D eigenvalue weighted by molar-refractivity contribution is 7.92. The Hall–Kier alpha value is -3.12.